The van der Waals surface area contributed by atoms with E-state index < -0.39 is 5.41 Å². The second kappa shape index (κ2) is 6.91. The van der Waals surface area contributed by atoms with Crippen LogP contribution in [0.25, 0.3) is 0 Å². The van der Waals surface area contributed by atoms with E-state index in [4.69, 9.17) is 22.7 Å². The molecule has 0 aromatic rings. The minimum atomic E-state index is -0.757. The average Bonchev–Trinajstić information content (AvgIpc) is 2.27. The lowest BCUT2D eigenvalue weighted by Crippen LogP contribution is -2.51. The van der Waals surface area contributed by atoms with E-state index in [0.29, 0.717) is 19.6 Å². The van der Waals surface area contributed by atoms with Crippen molar-refractivity contribution in [2.24, 2.45) is 11.1 Å². The van der Waals surface area contributed by atoms with Crippen molar-refractivity contribution in [1.29, 1.82) is 0 Å². The van der Waals surface area contributed by atoms with Crippen LogP contribution in [0.15, 0.2) is 0 Å². The smallest absolute Gasteiger partial charge is 0.235 e. The van der Waals surface area contributed by atoms with Gasteiger partial charge in [-0.05, 0) is 27.2 Å². The molecule has 0 saturated carbocycles. The third kappa shape index (κ3) is 3.92. The van der Waals surface area contributed by atoms with Crippen molar-refractivity contribution in [3.8, 4) is 0 Å². The first-order valence-electron chi connectivity index (χ1n) is 5.91. The molecule has 17 heavy (non-hydrogen) atoms. The van der Waals surface area contributed by atoms with E-state index in [1.165, 1.54) is 0 Å². The van der Waals surface area contributed by atoms with Crippen LogP contribution in [0.5, 0.6) is 0 Å². The normalized spacial score (nSPS) is 14.5. The molecule has 0 bridgehead atoms. The Morgan fingerprint density at radius 2 is 2.06 bits per heavy atom. The third-order valence-electron chi connectivity index (χ3n) is 3.14. The molecule has 0 spiro atoms. The molecule has 1 amide bonds. The first-order chi connectivity index (χ1) is 7.81. The van der Waals surface area contributed by atoms with Crippen LogP contribution in [0.2, 0.25) is 0 Å². The first-order valence-corrected chi connectivity index (χ1v) is 6.32. The number of methoxy groups -OCH3 is 1. The highest BCUT2D eigenvalue weighted by Gasteiger charge is 2.38. The molecule has 0 aliphatic heterocycles. The monoisotopic (exact) mass is 260 g/mol. The predicted molar refractivity (Wildman–Crippen MR) is 73.9 cm³/mol. The zero-order valence-electron chi connectivity index (χ0n) is 11.4. The number of carbonyl (C=O) groups excluding carboxylic acids is 1. The van der Waals surface area contributed by atoms with E-state index in [9.17, 15) is 4.79 Å². The lowest BCUT2D eigenvalue weighted by molar-refractivity contribution is -0.140. The molecule has 1 atom stereocenters. The molecule has 0 aliphatic carbocycles. The zero-order chi connectivity index (χ0) is 13.6. The lowest BCUT2D eigenvalue weighted by atomic mass is 9.85. The van der Waals surface area contributed by atoms with Crippen molar-refractivity contribution < 1.29 is 9.53 Å². The molecule has 1 unspecified atom stereocenters. The molecule has 2 N–H and O–H groups in total. The van der Waals surface area contributed by atoms with Gasteiger partial charge in [0, 0.05) is 19.7 Å². The first kappa shape index (κ1) is 16.3. The van der Waals surface area contributed by atoms with Gasteiger partial charge in [0.05, 0.1) is 17.0 Å². The van der Waals surface area contributed by atoms with Crippen LogP contribution >= 0.6 is 12.2 Å². The summed E-state index contributed by atoms with van der Waals surface area (Å²) >= 11 is 5.02. The van der Waals surface area contributed by atoms with Crippen LogP contribution < -0.4 is 5.73 Å². The Bertz CT molecular complexity index is 282. The van der Waals surface area contributed by atoms with E-state index in [2.05, 4.69) is 0 Å². The molecular formula is C12H24N2O2S. The van der Waals surface area contributed by atoms with Gasteiger partial charge in [-0.2, -0.15) is 0 Å². The van der Waals surface area contributed by atoms with Crippen molar-refractivity contribution in [1.82, 2.24) is 4.90 Å². The van der Waals surface area contributed by atoms with Crippen molar-refractivity contribution in [2.75, 3.05) is 20.3 Å². The summed E-state index contributed by atoms with van der Waals surface area (Å²) in [6.07, 6.45) is 0.609. The Labute approximate surface area is 109 Å². The molecule has 0 heterocycles. The van der Waals surface area contributed by atoms with E-state index in [1.807, 2.05) is 20.8 Å². The number of nitrogens with two attached hydrogens (primary N) is 1. The number of nitrogens with zero attached hydrogens (tertiary/aromatic N) is 1. The number of thiocarbonyl (C=S) groups is 1. The minimum absolute atomic E-state index is 0.0143. The Morgan fingerprint density at radius 1 is 1.53 bits per heavy atom. The van der Waals surface area contributed by atoms with Gasteiger partial charge in [0.2, 0.25) is 5.91 Å². The standard InChI is InChI=1S/C12H24N2O2S/c1-6-12(4,10(13)17)11(15)14(9(2)3)7-8-16-5/h9H,6-8H2,1-5H3,(H2,13,17). The zero-order valence-corrected chi connectivity index (χ0v) is 12.3. The quantitative estimate of drug-likeness (QED) is 0.706. The minimum Gasteiger partial charge on any atom is -0.392 e. The van der Waals surface area contributed by atoms with Gasteiger partial charge in [-0.1, -0.05) is 19.1 Å². The maximum Gasteiger partial charge on any atom is 0.235 e. The number of hydrogen-bond acceptors (Lipinski definition) is 3. The molecule has 0 fully saturated rings. The summed E-state index contributed by atoms with van der Waals surface area (Å²) in [5, 5.41) is 0. The Kier molecular flexibility index (Phi) is 6.64. The van der Waals surface area contributed by atoms with Crippen molar-refractivity contribution in [3.05, 3.63) is 0 Å². The molecule has 0 aromatic heterocycles. The Hall–Kier alpha value is -0.680. The molecule has 0 rings (SSSR count). The number of ether oxygens (including phenoxy) is 1. The third-order valence-corrected chi connectivity index (χ3v) is 3.59. The van der Waals surface area contributed by atoms with Crippen molar-refractivity contribution >= 4 is 23.1 Å². The Balaban J connectivity index is 4.99. The van der Waals surface area contributed by atoms with E-state index >= 15 is 0 Å². The van der Waals surface area contributed by atoms with E-state index in [1.54, 1.807) is 18.9 Å². The molecule has 100 valence electrons. The number of rotatable bonds is 7. The fourth-order valence-electron chi connectivity index (χ4n) is 1.53. The fourth-order valence-corrected chi connectivity index (χ4v) is 1.76. The molecule has 0 saturated heterocycles. The molecule has 0 radical (unpaired) electrons. The number of carbonyl (C=O) groups is 1. The van der Waals surface area contributed by atoms with Crippen LogP contribution in [0, 0.1) is 5.41 Å². The van der Waals surface area contributed by atoms with Gasteiger partial charge in [-0.3, -0.25) is 4.79 Å². The van der Waals surface area contributed by atoms with Crippen molar-refractivity contribution in [3.63, 3.8) is 0 Å². The Morgan fingerprint density at radius 3 is 2.35 bits per heavy atom. The highest BCUT2D eigenvalue weighted by molar-refractivity contribution is 7.80. The molecule has 5 heteroatoms. The fraction of sp³-hybridized carbons (Fsp3) is 0.833. The SMILES string of the molecule is CCC(C)(C(=O)N(CCOC)C(C)C)C(N)=S. The number of amides is 1. The van der Waals surface area contributed by atoms with Gasteiger partial charge in [-0.15, -0.1) is 0 Å². The van der Waals surface area contributed by atoms with Gasteiger partial charge >= 0.3 is 0 Å². The topological polar surface area (TPSA) is 55.6 Å². The highest BCUT2D eigenvalue weighted by Crippen LogP contribution is 2.25. The summed E-state index contributed by atoms with van der Waals surface area (Å²) in [6.45, 7) is 8.75. The summed E-state index contributed by atoms with van der Waals surface area (Å²) in [7, 11) is 1.62. The number of hydrogen-bond donors (Lipinski definition) is 1. The van der Waals surface area contributed by atoms with Crippen molar-refractivity contribution in [2.45, 2.75) is 40.2 Å². The van der Waals surface area contributed by atoms with Crippen LogP contribution in [0.1, 0.15) is 34.1 Å². The van der Waals surface area contributed by atoms with Gasteiger partial charge < -0.3 is 15.4 Å². The van der Waals surface area contributed by atoms with Gasteiger partial charge in [-0.25, -0.2) is 0 Å². The van der Waals surface area contributed by atoms with Crippen LogP contribution in [-0.2, 0) is 9.53 Å². The maximum atomic E-state index is 12.5. The van der Waals surface area contributed by atoms with Crippen LogP contribution in [0.3, 0.4) is 0 Å². The average molecular weight is 260 g/mol. The summed E-state index contributed by atoms with van der Waals surface area (Å²) in [5.74, 6) is -0.0143. The molecule has 0 aromatic carbocycles. The summed E-state index contributed by atoms with van der Waals surface area (Å²) in [5.41, 5.74) is 4.95. The van der Waals surface area contributed by atoms with Gasteiger partial charge in [0.15, 0.2) is 0 Å². The second-order valence-corrected chi connectivity index (χ2v) is 5.07. The van der Waals surface area contributed by atoms with Gasteiger partial charge in [0.1, 0.15) is 0 Å². The van der Waals surface area contributed by atoms with E-state index in [-0.39, 0.29) is 16.9 Å². The lowest BCUT2D eigenvalue weighted by Gasteiger charge is -2.35. The molecule has 4 nitrogen and oxygen atoms in total. The van der Waals surface area contributed by atoms with Gasteiger partial charge in [0.25, 0.3) is 0 Å². The predicted octanol–water partition coefficient (Wildman–Crippen LogP) is 1.57. The summed E-state index contributed by atoms with van der Waals surface area (Å²) < 4.78 is 5.02. The second-order valence-electron chi connectivity index (χ2n) is 4.64. The van der Waals surface area contributed by atoms with Crippen LogP contribution in [-0.4, -0.2) is 42.1 Å². The molecular weight excluding hydrogens is 236 g/mol. The summed E-state index contributed by atoms with van der Waals surface area (Å²) in [6, 6.07) is 0.109. The van der Waals surface area contributed by atoms with Crippen LogP contribution in [0.4, 0.5) is 0 Å². The van der Waals surface area contributed by atoms with E-state index in [0.717, 1.165) is 0 Å². The largest absolute Gasteiger partial charge is 0.392 e. The highest BCUT2D eigenvalue weighted by atomic mass is 32.1. The maximum absolute atomic E-state index is 12.5. The molecule has 0 aliphatic rings. The summed E-state index contributed by atoms with van der Waals surface area (Å²) in [4.78, 5) is 14.5.